The summed E-state index contributed by atoms with van der Waals surface area (Å²) >= 11 is 0. The van der Waals surface area contributed by atoms with Gasteiger partial charge in [-0.05, 0) is 30.1 Å². The summed E-state index contributed by atoms with van der Waals surface area (Å²) < 4.78 is 30.2. The third-order valence-electron chi connectivity index (χ3n) is 5.61. The van der Waals surface area contributed by atoms with E-state index in [4.69, 9.17) is 38.3 Å². The lowest BCUT2D eigenvalue weighted by molar-refractivity contribution is -0.195. The van der Waals surface area contributed by atoms with Crippen LogP contribution in [-0.4, -0.2) is 62.3 Å². The molecule has 30 heavy (non-hydrogen) atoms. The second kappa shape index (κ2) is 12.7. The van der Waals surface area contributed by atoms with Crippen molar-refractivity contribution in [2.75, 3.05) is 14.2 Å². The van der Waals surface area contributed by atoms with Gasteiger partial charge in [-0.15, -0.1) is 0 Å². The molecule has 1 aromatic carbocycles. The van der Waals surface area contributed by atoms with Crippen LogP contribution in [0.2, 0.25) is 18.1 Å². The first kappa shape index (κ1) is 27.8. The predicted octanol–water partition coefficient (Wildman–Crippen LogP) is 4.94. The monoisotopic (exact) mass is 450 g/mol. The summed E-state index contributed by atoms with van der Waals surface area (Å²) in [5, 5.41) is -0.000669. The highest BCUT2D eigenvalue weighted by Gasteiger charge is 2.45. The van der Waals surface area contributed by atoms with E-state index in [-0.39, 0.29) is 11.1 Å². The van der Waals surface area contributed by atoms with Crippen molar-refractivity contribution in [3.05, 3.63) is 35.9 Å². The normalized spacial score (nSPS) is 16.1. The molecular weight excluding hydrogens is 413 g/mol. The van der Waals surface area contributed by atoms with Gasteiger partial charge in [0.25, 0.3) is 0 Å². The smallest absolute Gasteiger partial charge is 0.192 e. The Bertz CT molecular complexity index is 597. The molecule has 9 heteroatoms. The van der Waals surface area contributed by atoms with Gasteiger partial charge in [-0.2, -0.15) is 0 Å². The Morgan fingerprint density at radius 3 is 2.00 bits per heavy atom. The van der Waals surface area contributed by atoms with Crippen molar-refractivity contribution in [1.82, 2.24) is 0 Å². The Morgan fingerprint density at radius 1 is 1.00 bits per heavy atom. The van der Waals surface area contributed by atoms with Crippen LogP contribution in [0.25, 0.3) is 0 Å². The second-order valence-electron chi connectivity index (χ2n) is 8.86. The summed E-state index contributed by atoms with van der Waals surface area (Å²) in [5.74, 6) is 0. The van der Waals surface area contributed by atoms with E-state index in [1.807, 2.05) is 30.3 Å². The van der Waals surface area contributed by atoms with Crippen LogP contribution in [-0.2, 0) is 29.8 Å². The van der Waals surface area contributed by atoms with Crippen molar-refractivity contribution in [2.24, 2.45) is 0 Å². The molecule has 0 spiro atoms. The molecule has 0 aliphatic carbocycles. The van der Waals surface area contributed by atoms with E-state index in [0.717, 1.165) is 12.0 Å². The van der Waals surface area contributed by atoms with E-state index < -0.39 is 34.7 Å². The molecule has 166 valence electrons. The van der Waals surface area contributed by atoms with Gasteiger partial charge in [0, 0.05) is 14.2 Å². The number of hydrogen-bond donors (Lipinski definition) is 0. The summed E-state index contributed by atoms with van der Waals surface area (Å²) in [6.45, 7) is 13.5. The third-order valence-corrected chi connectivity index (χ3v) is 10.6. The number of ether oxygens (including phenoxy) is 3. The van der Waals surface area contributed by atoms with Gasteiger partial charge in [-0.1, -0.05) is 65.9 Å². The molecule has 5 nitrogen and oxygen atoms in total. The predicted molar refractivity (Wildman–Crippen MR) is 128 cm³/mol. The van der Waals surface area contributed by atoms with Crippen LogP contribution in [0.3, 0.4) is 0 Å². The minimum absolute atomic E-state index is 0.000669. The van der Waals surface area contributed by atoms with Gasteiger partial charge in [0.2, 0.25) is 0 Å². The lowest BCUT2D eigenvalue weighted by atomic mass is 10.1. The Morgan fingerprint density at radius 2 is 1.57 bits per heavy atom. The summed E-state index contributed by atoms with van der Waals surface area (Å²) in [6.07, 6.45) is -1.31. The minimum Gasteiger partial charge on any atom is -0.408 e. The van der Waals surface area contributed by atoms with Crippen LogP contribution in [0.15, 0.2) is 30.3 Å². The maximum atomic E-state index is 6.82. The molecule has 0 saturated carbocycles. The van der Waals surface area contributed by atoms with Crippen molar-refractivity contribution in [3.63, 3.8) is 0 Å². The highest BCUT2D eigenvalue weighted by molar-refractivity contribution is 7.97. The van der Waals surface area contributed by atoms with E-state index in [2.05, 4.69) is 40.8 Å². The molecule has 1 unspecified atom stereocenters. The second-order valence-corrected chi connectivity index (χ2v) is 14.5. The first-order valence-corrected chi connectivity index (χ1v) is 14.6. The summed E-state index contributed by atoms with van der Waals surface area (Å²) in [4.78, 5) is 0. The summed E-state index contributed by atoms with van der Waals surface area (Å²) in [6, 6.07) is 10.1. The largest absolute Gasteiger partial charge is 0.408 e. The van der Waals surface area contributed by atoms with Gasteiger partial charge in [0.1, 0.15) is 27.3 Å². The van der Waals surface area contributed by atoms with E-state index >= 15 is 0 Å². The van der Waals surface area contributed by atoms with Crippen molar-refractivity contribution in [2.45, 2.75) is 83.5 Å². The van der Waals surface area contributed by atoms with Crippen molar-refractivity contribution in [1.29, 1.82) is 0 Å². The average molecular weight is 450 g/mol. The molecule has 0 bridgehead atoms. The van der Waals surface area contributed by atoms with Crippen LogP contribution in [0.5, 0.6) is 0 Å². The number of benzene rings is 1. The molecule has 0 N–H and O–H groups in total. The lowest BCUT2D eigenvalue weighted by Crippen LogP contribution is -2.55. The fourth-order valence-electron chi connectivity index (χ4n) is 2.86. The molecular formula is C21H37B2O5PSi. The van der Waals surface area contributed by atoms with Crippen LogP contribution >= 0.6 is 7.91 Å². The molecule has 3 atom stereocenters. The van der Waals surface area contributed by atoms with Gasteiger partial charge in [-0.25, -0.2) is 0 Å². The van der Waals surface area contributed by atoms with E-state index in [1.54, 1.807) is 14.2 Å². The highest BCUT2D eigenvalue weighted by atomic mass is 31.1. The molecule has 0 aliphatic heterocycles. The molecule has 0 fully saturated rings. The van der Waals surface area contributed by atoms with Gasteiger partial charge in [0.05, 0.1) is 12.7 Å². The molecule has 1 aromatic rings. The average Bonchev–Trinajstić information content (AvgIpc) is 2.67. The zero-order valence-corrected chi connectivity index (χ0v) is 21.6. The fraction of sp³-hybridized carbons (Fsp3) is 0.714. The molecule has 4 radical (unpaired) electrons. The van der Waals surface area contributed by atoms with Crippen LogP contribution in [0.4, 0.5) is 0 Å². The quantitative estimate of drug-likeness (QED) is 0.242. The lowest BCUT2D eigenvalue weighted by Gasteiger charge is -2.45. The topological polar surface area (TPSA) is 46.2 Å². The van der Waals surface area contributed by atoms with Gasteiger partial charge in [-0.3, -0.25) is 0 Å². The molecule has 0 aromatic heterocycles. The van der Waals surface area contributed by atoms with Crippen LogP contribution < -0.4 is 0 Å². The Balaban J connectivity index is 3.25. The first-order chi connectivity index (χ1) is 14.0. The first-order valence-electron chi connectivity index (χ1n) is 10.3. The Kier molecular flexibility index (Phi) is 11.8. The molecule has 0 heterocycles. The Labute approximate surface area is 188 Å². The molecule has 1 rings (SSSR count). The number of methoxy groups -OCH3 is 2. The maximum absolute atomic E-state index is 6.82. The minimum atomic E-state index is -2.19. The Hall–Kier alpha value is -0.203. The van der Waals surface area contributed by atoms with Crippen molar-refractivity contribution in [3.8, 4) is 0 Å². The number of rotatable bonds is 13. The summed E-state index contributed by atoms with van der Waals surface area (Å²) in [5.41, 5.74) is 1.09. The maximum Gasteiger partial charge on any atom is 0.192 e. The standard InChI is InChI=1S/C21H37B2O5PSi/c1-9-17(26-15-16-13-11-10-12-14-16)18(28-30(7,8)21(2,3)4)19(27-29(22)23)20(24-5)25-6/h10-14,17-20H,9,15H2,1-8H3/t17-,18?,19+/m0/s1. The summed E-state index contributed by atoms with van der Waals surface area (Å²) in [7, 11) is 11.0. The van der Waals surface area contributed by atoms with Crippen molar-refractivity contribution >= 4 is 31.4 Å². The fourth-order valence-corrected chi connectivity index (χ4v) is 4.68. The van der Waals surface area contributed by atoms with Gasteiger partial charge in [0.15, 0.2) is 14.6 Å². The molecule has 0 saturated heterocycles. The zero-order valence-electron chi connectivity index (χ0n) is 19.8. The van der Waals surface area contributed by atoms with Gasteiger partial charge >= 0.3 is 0 Å². The zero-order chi connectivity index (χ0) is 22.9. The van der Waals surface area contributed by atoms with E-state index in [9.17, 15) is 0 Å². The van der Waals surface area contributed by atoms with E-state index in [0.29, 0.717) is 6.61 Å². The number of hydrogen-bond acceptors (Lipinski definition) is 5. The van der Waals surface area contributed by atoms with Crippen molar-refractivity contribution < 1.29 is 23.2 Å². The highest BCUT2D eigenvalue weighted by Crippen LogP contribution is 2.40. The van der Waals surface area contributed by atoms with Crippen LogP contribution in [0.1, 0.15) is 39.7 Å². The van der Waals surface area contributed by atoms with E-state index in [1.165, 1.54) is 0 Å². The molecule has 0 aliphatic rings. The van der Waals surface area contributed by atoms with Gasteiger partial charge < -0.3 is 23.2 Å². The molecule has 0 amide bonds. The van der Waals surface area contributed by atoms with Crippen LogP contribution in [0, 0.1) is 0 Å². The SMILES string of the molecule is [B]P([B])O[C@@H](C(OC)OC)C(O[Si](C)(C)C(C)(C)C)[C@H](CC)OCc1ccccc1. The third kappa shape index (κ3) is 8.38.